The molecule has 0 aromatic heterocycles. The molecule has 0 spiro atoms. The Morgan fingerprint density at radius 3 is 2.74 bits per heavy atom. The van der Waals surface area contributed by atoms with Gasteiger partial charge in [-0.1, -0.05) is 31.4 Å². The quantitative estimate of drug-likeness (QED) is 0.703. The van der Waals surface area contributed by atoms with Crippen molar-refractivity contribution in [2.45, 2.75) is 46.0 Å². The molecule has 0 amide bonds. The van der Waals surface area contributed by atoms with Gasteiger partial charge >= 0.3 is 0 Å². The number of ketones is 1. The van der Waals surface area contributed by atoms with Crippen LogP contribution in [0.25, 0.3) is 0 Å². The van der Waals surface area contributed by atoms with Crippen molar-refractivity contribution in [3.63, 3.8) is 0 Å². The fourth-order valence-corrected chi connectivity index (χ4v) is 3.54. The van der Waals surface area contributed by atoms with Crippen LogP contribution >= 0.6 is 0 Å². The van der Waals surface area contributed by atoms with E-state index < -0.39 is 0 Å². The van der Waals surface area contributed by atoms with Crippen LogP contribution < -0.4 is 5.32 Å². The van der Waals surface area contributed by atoms with Crippen molar-refractivity contribution in [2.24, 2.45) is 5.92 Å². The maximum atomic E-state index is 11.6. The Hall–Kier alpha value is -1.13. The Morgan fingerprint density at radius 2 is 2.17 bits per heavy atom. The largest absolute Gasteiger partial charge is 0.307 e. The van der Waals surface area contributed by atoms with Gasteiger partial charge in [0, 0.05) is 19.6 Å². The highest BCUT2D eigenvalue weighted by atomic mass is 16.1. The molecule has 0 aliphatic carbocycles. The summed E-state index contributed by atoms with van der Waals surface area (Å²) in [7, 11) is 2.23. The molecule has 1 saturated heterocycles. The van der Waals surface area contributed by atoms with E-state index in [0.29, 0.717) is 0 Å². The molecular weight excluding hydrogens is 283 g/mol. The van der Waals surface area contributed by atoms with Crippen LogP contribution in [-0.2, 0) is 17.6 Å². The molecule has 2 rings (SSSR count). The maximum Gasteiger partial charge on any atom is 0.147 e. The second kappa shape index (κ2) is 8.65. The predicted molar refractivity (Wildman–Crippen MR) is 100 cm³/mol. The van der Waals surface area contributed by atoms with Gasteiger partial charge in [0.2, 0.25) is 0 Å². The summed E-state index contributed by atoms with van der Waals surface area (Å²) >= 11 is 0. The van der Waals surface area contributed by atoms with E-state index in [9.17, 15) is 4.79 Å². The monoisotopic (exact) mass is 314 g/mol. The lowest BCUT2D eigenvalue weighted by molar-refractivity contribution is -0.119. The highest BCUT2D eigenvalue weighted by Crippen LogP contribution is 2.23. The van der Waals surface area contributed by atoms with Crippen LogP contribution in [0.5, 0.6) is 0 Å². The number of nitrogens with one attached hydrogen (secondary N) is 1. The SMILES string of the molecule is BCCc1ccc(CC2CN(CC(NCC)C(C)=O)C2)c(C)c1. The molecule has 1 unspecified atom stereocenters. The number of carbonyl (C=O) groups excluding carboxylic acids is 1. The topological polar surface area (TPSA) is 32.3 Å². The van der Waals surface area contributed by atoms with E-state index >= 15 is 0 Å². The van der Waals surface area contributed by atoms with Crippen LogP contribution in [0.3, 0.4) is 0 Å². The Morgan fingerprint density at radius 1 is 1.43 bits per heavy atom. The van der Waals surface area contributed by atoms with Crippen molar-refractivity contribution in [2.75, 3.05) is 26.2 Å². The van der Waals surface area contributed by atoms with Crippen molar-refractivity contribution in [3.05, 3.63) is 34.9 Å². The minimum atomic E-state index is -0.00369. The van der Waals surface area contributed by atoms with E-state index in [1.807, 2.05) is 0 Å². The van der Waals surface area contributed by atoms with Crippen LogP contribution in [0, 0.1) is 12.8 Å². The summed E-state index contributed by atoms with van der Waals surface area (Å²) in [5.74, 6) is 0.984. The Bertz CT molecular complexity index is 526. The van der Waals surface area contributed by atoms with Gasteiger partial charge in [0.1, 0.15) is 13.6 Å². The van der Waals surface area contributed by atoms with Crippen LogP contribution in [0.1, 0.15) is 30.5 Å². The molecule has 1 atom stereocenters. The molecule has 126 valence electrons. The van der Waals surface area contributed by atoms with Gasteiger partial charge in [-0.2, -0.15) is 0 Å². The van der Waals surface area contributed by atoms with Gasteiger partial charge in [0.25, 0.3) is 0 Å². The number of hydrogen-bond donors (Lipinski definition) is 1. The lowest BCUT2D eigenvalue weighted by Crippen LogP contribution is -2.54. The summed E-state index contributed by atoms with van der Waals surface area (Å²) in [6, 6.07) is 6.96. The van der Waals surface area contributed by atoms with Crippen molar-refractivity contribution < 1.29 is 4.79 Å². The van der Waals surface area contributed by atoms with Gasteiger partial charge in [-0.25, -0.2) is 0 Å². The zero-order chi connectivity index (χ0) is 16.8. The molecule has 1 heterocycles. The van der Waals surface area contributed by atoms with E-state index in [0.717, 1.165) is 32.1 Å². The van der Waals surface area contributed by atoms with Crippen LogP contribution in [0.2, 0.25) is 6.32 Å². The summed E-state index contributed by atoms with van der Waals surface area (Å²) in [5.41, 5.74) is 4.38. The molecule has 1 aromatic carbocycles. The lowest BCUT2D eigenvalue weighted by Gasteiger charge is -2.41. The van der Waals surface area contributed by atoms with E-state index in [4.69, 9.17) is 0 Å². The first-order valence-corrected chi connectivity index (χ1v) is 9.08. The van der Waals surface area contributed by atoms with Gasteiger partial charge in [-0.15, -0.1) is 0 Å². The van der Waals surface area contributed by atoms with Gasteiger partial charge in [-0.3, -0.25) is 4.79 Å². The second-order valence-corrected chi connectivity index (χ2v) is 7.02. The number of rotatable bonds is 9. The molecule has 1 aromatic rings. The number of likely N-dealkylation sites (tertiary alicyclic amines) is 1. The zero-order valence-corrected chi connectivity index (χ0v) is 15.2. The zero-order valence-electron chi connectivity index (χ0n) is 15.2. The summed E-state index contributed by atoms with van der Waals surface area (Å²) in [6.45, 7) is 9.92. The smallest absolute Gasteiger partial charge is 0.147 e. The van der Waals surface area contributed by atoms with E-state index in [2.05, 4.69) is 50.1 Å². The Labute approximate surface area is 142 Å². The number of benzene rings is 1. The van der Waals surface area contributed by atoms with Gasteiger partial charge in [0.15, 0.2) is 0 Å². The normalized spacial score (nSPS) is 17.0. The van der Waals surface area contributed by atoms with E-state index in [-0.39, 0.29) is 11.8 Å². The molecule has 23 heavy (non-hydrogen) atoms. The Kier molecular flexibility index (Phi) is 6.85. The highest BCUT2D eigenvalue weighted by Gasteiger charge is 2.29. The summed E-state index contributed by atoms with van der Waals surface area (Å²) in [6.07, 6.45) is 3.55. The molecule has 1 aliphatic heterocycles. The molecule has 1 N–H and O–H groups in total. The fourth-order valence-electron chi connectivity index (χ4n) is 3.54. The minimum Gasteiger partial charge on any atom is -0.307 e. The van der Waals surface area contributed by atoms with Gasteiger partial charge in [0.05, 0.1) is 6.04 Å². The third-order valence-electron chi connectivity index (χ3n) is 4.87. The molecule has 1 fully saturated rings. The molecule has 0 bridgehead atoms. The first kappa shape index (κ1) is 18.2. The number of nitrogens with zero attached hydrogens (tertiary/aromatic N) is 1. The number of Topliss-reactive ketones (excluding diaryl/α,β-unsaturated/α-hetero) is 1. The van der Waals surface area contributed by atoms with E-state index in [1.54, 1.807) is 6.92 Å². The first-order chi connectivity index (χ1) is 11.0. The number of carbonyl (C=O) groups is 1. The van der Waals surface area contributed by atoms with Crippen molar-refractivity contribution in [1.29, 1.82) is 0 Å². The first-order valence-electron chi connectivity index (χ1n) is 9.08. The lowest BCUT2D eigenvalue weighted by atomic mass is 9.88. The fraction of sp³-hybridized carbons (Fsp3) is 0.632. The average molecular weight is 314 g/mol. The Balaban J connectivity index is 1.80. The van der Waals surface area contributed by atoms with Crippen LogP contribution in [0.15, 0.2) is 18.2 Å². The van der Waals surface area contributed by atoms with Crippen LogP contribution in [-0.4, -0.2) is 50.8 Å². The third-order valence-corrected chi connectivity index (χ3v) is 4.87. The summed E-state index contributed by atoms with van der Waals surface area (Å²) in [5, 5.41) is 3.28. The number of hydrogen-bond acceptors (Lipinski definition) is 3. The van der Waals surface area contributed by atoms with Crippen molar-refractivity contribution in [3.8, 4) is 0 Å². The molecular formula is C19H31BN2O. The number of likely N-dealkylation sites (N-methyl/N-ethyl adjacent to an activating group) is 1. The van der Waals surface area contributed by atoms with Crippen LogP contribution in [0.4, 0.5) is 0 Å². The highest BCUT2D eigenvalue weighted by molar-refractivity contribution is 6.08. The second-order valence-electron chi connectivity index (χ2n) is 7.02. The number of aryl methyl sites for hydroxylation is 2. The molecule has 0 saturated carbocycles. The van der Waals surface area contributed by atoms with Crippen molar-refractivity contribution >= 4 is 13.6 Å². The average Bonchev–Trinajstić information content (AvgIpc) is 2.46. The van der Waals surface area contributed by atoms with Gasteiger partial charge < -0.3 is 10.2 Å². The molecule has 3 nitrogen and oxygen atoms in total. The molecule has 1 aliphatic rings. The standard InChI is InChI=1S/C19H31BN2O/c1-4-21-19(15(3)23)13-22-11-17(12-22)10-18-6-5-16(7-8-20)9-14(18)2/h5-6,9,17,19,21H,4,7-8,10-13,20H2,1-3H3. The molecule has 4 heteroatoms. The van der Waals surface area contributed by atoms with Crippen molar-refractivity contribution in [1.82, 2.24) is 10.2 Å². The van der Waals surface area contributed by atoms with E-state index in [1.165, 1.54) is 35.9 Å². The minimum absolute atomic E-state index is 0.00369. The summed E-state index contributed by atoms with van der Waals surface area (Å²) in [4.78, 5) is 14.0. The third kappa shape index (κ3) is 5.18. The predicted octanol–water partition coefficient (Wildman–Crippen LogP) is 1.63. The molecule has 0 radical (unpaired) electrons. The summed E-state index contributed by atoms with van der Waals surface area (Å²) < 4.78 is 0. The maximum absolute atomic E-state index is 11.6. The van der Waals surface area contributed by atoms with Gasteiger partial charge in [-0.05, 0) is 55.8 Å².